The maximum absolute atomic E-state index is 5.76. The summed E-state index contributed by atoms with van der Waals surface area (Å²) in [6.45, 7) is 7.79. The topological polar surface area (TPSA) is 41.5 Å². The molecule has 1 aliphatic rings. The lowest BCUT2D eigenvalue weighted by Crippen LogP contribution is -2.47. The summed E-state index contributed by atoms with van der Waals surface area (Å²) in [6.07, 6.45) is 1.64. The normalized spacial score (nSPS) is 15.8. The summed E-state index contributed by atoms with van der Waals surface area (Å²) < 4.78 is 5.76. The second-order valence-corrected chi connectivity index (χ2v) is 5.51. The van der Waals surface area contributed by atoms with E-state index in [0.717, 1.165) is 56.6 Å². The molecule has 1 fully saturated rings. The zero-order chi connectivity index (χ0) is 15.2. The minimum Gasteiger partial charge on any atom is -0.492 e. The predicted octanol–water partition coefficient (Wildman–Crippen LogP) is 1.99. The predicted molar refractivity (Wildman–Crippen MR) is 87.4 cm³/mol. The van der Waals surface area contributed by atoms with Crippen LogP contribution in [0.3, 0.4) is 0 Å². The Labute approximate surface area is 131 Å². The maximum atomic E-state index is 5.76. The van der Waals surface area contributed by atoms with Gasteiger partial charge in [0.25, 0.3) is 0 Å². The molecule has 1 saturated heterocycles. The van der Waals surface area contributed by atoms with Gasteiger partial charge in [-0.1, -0.05) is 18.2 Å². The smallest absolute Gasteiger partial charge is 0.132 e. The number of ether oxygens (including phenoxy) is 1. The first-order valence-electron chi connectivity index (χ1n) is 7.75. The van der Waals surface area contributed by atoms with Crippen LogP contribution in [0.1, 0.15) is 5.69 Å². The molecular weight excluding hydrogens is 276 g/mol. The molecule has 1 aromatic carbocycles. The van der Waals surface area contributed by atoms with E-state index in [0.29, 0.717) is 0 Å². The van der Waals surface area contributed by atoms with Gasteiger partial charge in [-0.3, -0.25) is 4.90 Å². The molecule has 0 saturated carbocycles. The molecule has 0 N–H and O–H groups in total. The van der Waals surface area contributed by atoms with Gasteiger partial charge in [0.2, 0.25) is 0 Å². The number of hydrogen-bond acceptors (Lipinski definition) is 5. The average molecular weight is 298 g/mol. The Kier molecular flexibility index (Phi) is 4.85. The third-order valence-corrected chi connectivity index (χ3v) is 3.91. The van der Waals surface area contributed by atoms with Crippen LogP contribution < -0.4 is 9.64 Å². The third kappa shape index (κ3) is 3.95. The van der Waals surface area contributed by atoms with Crippen LogP contribution in [0.25, 0.3) is 0 Å². The van der Waals surface area contributed by atoms with Crippen molar-refractivity contribution >= 4 is 5.82 Å². The van der Waals surface area contributed by atoms with Gasteiger partial charge < -0.3 is 9.64 Å². The number of anilines is 1. The standard InChI is InChI=1S/C17H22N4O/c1-15-13-17(19-14-18-15)21-9-7-20(8-10-21)11-12-22-16-5-3-2-4-6-16/h2-6,13-14H,7-12H2,1H3. The van der Waals surface area contributed by atoms with Crippen molar-refractivity contribution in [2.45, 2.75) is 6.92 Å². The van der Waals surface area contributed by atoms with Crippen LogP contribution in [0.4, 0.5) is 5.82 Å². The van der Waals surface area contributed by atoms with Gasteiger partial charge in [0.1, 0.15) is 24.5 Å². The van der Waals surface area contributed by atoms with Gasteiger partial charge in [0, 0.05) is 44.5 Å². The molecule has 0 unspecified atom stereocenters. The number of aromatic nitrogens is 2. The van der Waals surface area contributed by atoms with Crippen molar-refractivity contribution in [1.82, 2.24) is 14.9 Å². The van der Waals surface area contributed by atoms with Crippen molar-refractivity contribution in [2.24, 2.45) is 0 Å². The van der Waals surface area contributed by atoms with E-state index in [1.165, 1.54) is 0 Å². The van der Waals surface area contributed by atoms with Gasteiger partial charge >= 0.3 is 0 Å². The van der Waals surface area contributed by atoms with E-state index < -0.39 is 0 Å². The summed E-state index contributed by atoms with van der Waals surface area (Å²) in [5.41, 5.74) is 1.02. The van der Waals surface area contributed by atoms with E-state index in [4.69, 9.17) is 4.74 Å². The first kappa shape index (κ1) is 14.8. The lowest BCUT2D eigenvalue weighted by Gasteiger charge is -2.35. The van der Waals surface area contributed by atoms with E-state index in [-0.39, 0.29) is 0 Å². The SMILES string of the molecule is Cc1cc(N2CCN(CCOc3ccccc3)CC2)ncn1. The summed E-state index contributed by atoms with van der Waals surface area (Å²) >= 11 is 0. The molecule has 5 nitrogen and oxygen atoms in total. The number of benzene rings is 1. The molecule has 0 radical (unpaired) electrons. The molecule has 5 heteroatoms. The van der Waals surface area contributed by atoms with Crippen molar-refractivity contribution in [3.8, 4) is 5.75 Å². The average Bonchev–Trinajstić information content (AvgIpc) is 2.56. The van der Waals surface area contributed by atoms with Crippen LogP contribution in [-0.2, 0) is 0 Å². The molecule has 2 aromatic rings. The van der Waals surface area contributed by atoms with E-state index in [1.807, 2.05) is 43.3 Å². The highest BCUT2D eigenvalue weighted by molar-refractivity contribution is 5.39. The number of aryl methyl sites for hydroxylation is 1. The Balaban J connectivity index is 1.42. The third-order valence-electron chi connectivity index (χ3n) is 3.91. The van der Waals surface area contributed by atoms with Crippen molar-refractivity contribution < 1.29 is 4.74 Å². The van der Waals surface area contributed by atoms with Gasteiger partial charge in [0.05, 0.1) is 0 Å². The van der Waals surface area contributed by atoms with Gasteiger partial charge in [-0.2, -0.15) is 0 Å². The molecule has 1 aromatic heterocycles. The van der Waals surface area contributed by atoms with Crippen molar-refractivity contribution in [1.29, 1.82) is 0 Å². The molecule has 1 aliphatic heterocycles. The van der Waals surface area contributed by atoms with Crippen molar-refractivity contribution in [3.05, 3.63) is 48.4 Å². The largest absolute Gasteiger partial charge is 0.492 e. The molecule has 116 valence electrons. The molecular formula is C17H22N4O. The minimum atomic E-state index is 0.733. The fourth-order valence-electron chi connectivity index (χ4n) is 2.62. The Morgan fingerprint density at radius 3 is 2.55 bits per heavy atom. The van der Waals surface area contributed by atoms with E-state index >= 15 is 0 Å². The van der Waals surface area contributed by atoms with Gasteiger partial charge in [0.15, 0.2) is 0 Å². The van der Waals surface area contributed by atoms with Crippen LogP contribution in [0.5, 0.6) is 5.75 Å². The van der Waals surface area contributed by atoms with E-state index in [9.17, 15) is 0 Å². The number of piperazine rings is 1. The van der Waals surface area contributed by atoms with Crippen molar-refractivity contribution in [3.63, 3.8) is 0 Å². The molecule has 0 amide bonds. The lowest BCUT2D eigenvalue weighted by molar-refractivity contribution is 0.200. The first-order chi connectivity index (χ1) is 10.8. The minimum absolute atomic E-state index is 0.733. The molecule has 22 heavy (non-hydrogen) atoms. The van der Waals surface area contributed by atoms with E-state index in [2.05, 4.69) is 19.8 Å². The van der Waals surface area contributed by atoms with Crippen molar-refractivity contribution in [2.75, 3.05) is 44.2 Å². The quantitative estimate of drug-likeness (QED) is 0.844. The summed E-state index contributed by atoms with van der Waals surface area (Å²) in [4.78, 5) is 13.3. The van der Waals surface area contributed by atoms with Crippen LogP contribution in [0.2, 0.25) is 0 Å². The summed E-state index contributed by atoms with van der Waals surface area (Å²) in [5, 5.41) is 0. The van der Waals surface area contributed by atoms with Crippen LogP contribution in [0, 0.1) is 6.92 Å². The second-order valence-electron chi connectivity index (χ2n) is 5.51. The summed E-state index contributed by atoms with van der Waals surface area (Å²) in [5.74, 6) is 1.98. The number of rotatable bonds is 5. The zero-order valence-corrected chi connectivity index (χ0v) is 13.0. The van der Waals surface area contributed by atoms with Gasteiger partial charge in [-0.25, -0.2) is 9.97 Å². The molecule has 2 heterocycles. The molecule has 0 bridgehead atoms. The second kappa shape index (κ2) is 7.22. The highest BCUT2D eigenvalue weighted by Gasteiger charge is 2.17. The Bertz CT molecular complexity index is 582. The Morgan fingerprint density at radius 2 is 1.82 bits per heavy atom. The highest BCUT2D eigenvalue weighted by Crippen LogP contribution is 2.13. The van der Waals surface area contributed by atoms with Gasteiger partial charge in [-0.15, -0.1) is 0 Å². The maximum Gasteiger partial charge on any atom is 0.132 e. The van der Waals surface area contributed by atoms with Crippen LogP contribution >= 0.6 is 0 Å². The molecule has 0 spiro atoms. The monoisotopic (exact) mass is 298 g/mol. The zero-order valence-electron chi connectivity index (χ0n) is 13.0. The van der Waals surface area contributed by atoms with Crippen LogP contribution in [0.15, 0.2) is 42.7 Å². The number of para-hydroxylation sites is 1. The summed E-state index contributed by atoms with van der Waals surface area (Å²) in [6, 6.07) is 12.0. The summed E-state index contributed by atoms with van der Waals surface area (Å²) in [7, 11) is 0. The first-order valence-corrected chi connectivity index (χ1v) is 7.75. The van der Waals surface area contributed by atoms with E-state index in [1.54, 1.807) is 6.33 Å². The highest BCUT2D eigenvalue weighted by atomic mass is 16.5. The Hall–Kier alpha value is -2.14. The molecule has 3 rings (SSSR count). The number of nitrogens with zero attached hydrogens (tertiary/aromatic N) is 4. The molecule has 0 atom stereocenters. The fourth-order valence-corrected chi connectivity index (χ4v) is 2.62. The lowest BCUT2D eigenvalue weighted by atomic mass is 10.3. The number of hydrogen-bond donors (Lipinski definition) is 0. The Morgan fingerprint density at radius 1 is 1.05 bits per heavy atom. The van der Waals surface area contributed by atoms with Gasteiger partial charge in [-0.05, 0) is 19.1 Å². The van der Waals surface area contributed by atoms with Crippen LogP contribution in [-0.4, -0.2) is 54.2 Å². The fraction of sp³-hybridized carbons (Fsp3) is 0.412. The molecule has 0 aliphatic carbocycles.